The van der Waals surface area contributed by atoms with E-state index >= 15 is 0 Å². The fourth-order valence-corrected chi connectivity index (χ4v) is 1.91. The van der Waals surface area contributed by atoms with Crippen molar-refractivity contribution in [2.24, 2.45) is 5.92 Å². The van der Waals surface area contributed by atoms with E-state index in [0.717, 1.165) is 38.9 Å². The standard InChI is InChI=1S/C10H19NO3/c1-14-10(13)9-4-2-5-11(8-9)6-3-7-12/h9,12H,2-8H2,1H3. The first kappa shape index (κ1) is 11.5. The van der Waals surface area contributed by atoms with Crippen LogP contribution in [0.3, 0.4) is 0 Å². The van der Waals surface area contributed by atoms with Gasteiger partial charge in [-0.15, -0.1) is 0 Å². The van der Waals surface area contributed by atoms with Gasteiger partial charge in [-0.25, -0.2) is 0 Å². The molecule has 1 aliphatic rings. The molecule has 1 saturated heterocycles. The van der Waals surface area contributed by atoms with Crippen LogP contribution in [0.1, 0.15) is 19.3 Å². The average Bonchev–Trinajstić information content (AvgIpc) is 2.25. The van der Waals surface area contributed by atoms with Crippen molar-refractivity contribution in [3.05, 3.63) is 0 Å². The second kappa shape index (κ2) is 5.98. The zero-order chi connectivity index (χ0) is 10.4. The van der Waals surface area contributed by atoms with Crippen LogP contribution in [0.2, 0.25) is 0 Å². The molecule has 4 nitrogen and oxygen atoms in total. The number of ether oxygens (including phenoxy) is 1. The van der Waals surface area contributed by atoms with Gasteiger partial charge in [-0.05, 0) is 25.8 Å². The van der Waals surface area contributed by atoms with E-state index < -0.39 is 0 Å². The molecule has 1 atom stereocenters. The van der Waals surface area contributed by atoms with Crippen molar-refractivity contribution in [3.63, 3.8) is 0 Å². The lowest BCUT2D eigenvalue weighted by molar-refractivity contribution is -0.147. The number of piperidine rings is 1. The molecule has 0 aromatic heterocycles. The van der Waals surface area contributed by atoms with Crippen LogP contribution in [-0.2, 0) is 9.53 Å². The molecule has 0 spiro atoms. The summed E-state index contributed by atoms with van der Waals surface area (Å²) >= 11 is 0. The molecule has 4 heteroatoms. The summed E-state index contributed by atoms with van der Waals surface area (Å²) in [6.45, 7) is 2.92. The minimum Gasteiger partial charge on any atom is -0.469 e. The predicted octanol–water partition coefficient (Wildman–Crippen LogP) is 0.254. The lowest BCUT2D eigenvalue weighted by Crippen LogP contribution is -2.39. The molecule has 0 amide bonds. The monoisotopic (exact) mass is 201 g/mol. The number of aliphatic hydroxyl groups is 1. The lowest BCUT2D eigenvalue weighted by Gasteiger charge is -2.30. The predicted molar refractivity (Wildman–Crippen MR) is 52.9 cm³/mol. The quantitative estimate of drug-likeness (QED) is 0.663. The molecule has 82 valence electrons. The molecule has 0 aliphatic carbocycles. The van der Waals surface area contributed by atoms with Crippen LogP contribution < -0.4 is 0 Å². The molecule has 1 unspecified atom stereocenters. The number of rotatable bonds is 4. The van der Waals surface area contributed by atoms with Gasteiger partial charge in [0.15, 0.2) is 0 Å². The fourth-order valence-electron chi connectivity index (χ4n) is 1.91. The molecule has 14 heavy (non-hydrogen) atoms. The number of hydrogen-bond donors (Lipinski definition) is 1. The second-order valence-electron chi connectivity index (χ2n) is 3.74. The molecule has 0 aromatic rings. The minimum absolute atomic E-state index is 0.0347. The molecule has 1 N–H and O–H groups in total. The van der Waals surface area contributed by atoms with Crippen molar-refractivity contribution in [3.8, 4) is 0 Å². The SMILES string of the molecule is COC(=O)C1CCCN(CCCO)C1. The maximum absolute atomic E-state index is 11.3. The van der Waals surface area contributed by atoms with Crippen LogP contribution >= 0.6 is 0 Å². The highest BCUT2D eigenvalue weighted by Crippen LogP contribution is 2.17. The molecule has 1 aliphatic heterocycles. The number of likely N-dealkylation sites (tertiary alicyclic amines) is 1. The molecular formula is C10H19NO3. The summed E-state index contributed by atoms with van der Waals surface area (Å²) < 4.78 is 4.73. The molecule has 0 bridgehead atoms. The van der Waals surface area contributed by atoms with Gasteiger partial charge in [0.25, 0.3) is 0 Å². The minimum atomic E-state index is -0.0984. The Labute approximate surface area is 84.8 Å². The van der Waals surface area contributed by atoms with Gasteiger partial charge in [0.05, 0.1) is 13.0 Å². The van der Waals surface area contributed by atoms with E-state index in [1.807, 2.05) is 0 Å². The smallest absolute Gasteiger partial charge is 0.309 e. The van der Waals surface area contributed by atoms with Crippen LogP contribution in [0.15, 0.2) is 0 Å². The van der Waals surface area contributed by atoms with Gasteiger partial charge in [0.2, 0.25) is 0 Å². The summed E-state index contributed by atoms with van der Waals surface area (Å²) in [6, 6.07) is 0. The highest BCUT2D eigenvalue weighted by atomic mass is 16.5. The number of hydrogen-bond acceptors (Lipinski definition) is 4. The van der Waals surface area contributed by atoms with E-state index in [1.54, 1.807) is 0 Å². The largest absolute Gasteiger partial charge is 0.469 e. The highest BCUT2D eigenvalue weighted by molar-refractivity contribution is 5.72. The third kappa shape index (κ3) is 3.27. The third-order valence-corrected chi connectivity index (χ3v) is 2.67. The summed E-state index contributed by atoms with van der Waals surface area (Å²) in [5, 5.41) is 8.70. The van der Waals surface area contributed by atoms with E-state index in [1.165, 1.54) is 7.11 Å². The Morgan fingerprint density at radius 3 is 3.07 bits per heavy atom. The van der Waals surface area contributed by atoms with E-state index in [4.69, 9.17) is 9.84 Å². The van der Waals surface area contributed by atoms with Crippen molar-refractivity contribution in [2.75, 3.05) is 33.4 Å². The van der Waals surface area contributed by atoms with E-state index in [9.17, 15) is 4.79 Å². The molecule has 0 aromatic carbocycles. The van der Waals surface area contributed by atoms with Gasteiger partial charge in [0.1, 0.15) is 0 Å². The Hall–Kier alpha value is -0.610. The van der Waals surface area contributed by atoms with Crippen LogP contribution in [0.4, 0.5) is 0 Å². The summed E-state index contributed by atoms with van der Waals surface area (Å²) in [4.78, 5) is 13.5. The number of methoxy groups -OCH3 is 1. The molecule has 1 fully saturated rings. The molecule has 1 rings (SSSR count). The summed E-state index contributed by atoms with van der Waals surface area (Å²) in [5.41, 5.74) is 0. The van der Waals surface area contributed by atoms with Crippen molar-refractivity contribution in [1.29, 1.82) is 0 Å². The van der Waals surface area contributed by atoms with Crippen LogP contribution in [-0.4, -0.2) is 49.3 Å². The van der Waals surface area contributed by atoms with E-state index in [2.05, 4.69) is 4.90 Å². The topological polar surface area (TPSA) is 49.8 Å². The molecule has 1 heterocycles. The van der Waals surface area contributed by atoms with Gasteiger partial charge in [-0.1, -0.05) is 0 Å². The van der Waals surface area contributed by atoms with Crippen LogP contribution in [0.5, 0.6) is 0 Å². The van der Waals surface area contributed by atoms with Gasteiger partial charge >= 0.3 is 5.97 Å². The Morgan fingerprint density at radius 1 is 1.64 bits per heavy atom. The normalized spacial score (nSPS) is 23.4. The average molecular weight is 201 g/mol. The Kier molecular flexibility index (Phi) is 4.90. The first-order valence-corrected chi connectivity index (χ1v) is 5.19. The first-order valence-electron chi connectivity index (χ1n) is 5.19. The van der Waals surface area contributed by atoms with Crippen molar-refractivity contribution in [1.82, 2.24) is 4.90 Å². The van der Waals surface area contributed by atoms with Crippen LogP contribution in [0.25, 0.3) is 0 Å². The van der Waals surface area contributed by atoms with Crippen molar-refractivity contribution < 1.29 is 14.6 Å². The number of aliphatic hydroxyl groups excluding tert-OH is 1. The maximum Gasteiger partial charge on any atom is 0.309 e. The Balaban J connectivity index is 2.31. The van der Waals surface area contributed by atoms with E-state index in [0.29, 0.717) is 0 Å². The second-order valence-corrected chi connectivity index (χ2v) is 3.74. The number of carbonyl (C=O) groups excluding carboxylic acids is 1. The summed E-state index contributed by atoms with van der Waals surface area (Å²) in [6.07, 6.45) is 2.77. The number of esters is 1. The molecular weight excluding hydrogens is 182 g/mol. The number of nitrogens with zero attached hydrogens (tertiary/aromatic N) is 1. The lowest BCUT2D eigenvalue weighted by atomic mass is 9.98. The molecule has 0 saturated carbocycles. The Bertz CT molecular complexity index is 184. The fraction of sp³-hybridized carbons (Fsp3) is 0.900. The van der Waals surface area contributed by atoms with E-state index in [-0.39, 0.29) is 18.5 Å². The van der Waals surface area contributed by atoms with Crippen molar-refractivity contribution in [2.45, 2.75) is 19.3 Å². The third-order valence-electron chi connectivity index (χ3n) is 2.67. The molecule has 0 radical (unpaired) electrons. The maximum atomic E-state index is 11.3. The highest BCUT2D eigenvalue weighted by Gasteiger charge is 2.25. The number of carbonyl (C=O) groups is 1. The summed E-state index contributed by atoms with van der Waals surface area (Å²) in [7, 11) is 1.44. The van der Waals surface area contributed by atoms with Crippen LogP contribution in [0, 0.1) is 5.92 Å². The van der Waals surface area contributed by atoms with Gasteiger partial charge in [0, 0.05) is 19.7 Å². The Morgan fingerprint density at radius 2 is 2.43 bits per heavy atom. The van der Waals surface area contributed by atoms with Crippen molar-refractivity contribution >= 4 is 5.97 Å². The first-order chi connectivity index (χ1) is 6.77. The van der Waals surface area contributed by atoms with Gasteiger partial charge < -0.3 is 14.7 Å². The summed E-state index contributed by atoms with van der Waals surface area (Å²) in [5.74, 6) is -0.0638. The zero-order valence-electron chi connectivity index (χ0n) is 8.74. The zero-order valence-corrected chi connectivity index (χ0v) is 8.74. The van der Waals surface area contributed by atoms with Gasteiger partial charge in [-0.3, -0.25) is 4.79 Å². The van der Waals surface area contributed by atoms with Gasteiger partial charge in [-0.2, -0.15) is 0 Å².